The first-order valence-corrected chi connectivity index (χ1v) is 6.09. The zero-order valence-electron chi connectivity index (χ0n) is 8.08. The lowest BCUT2D eigenvalue weighted by molar-refractivity contribution is 0.598. The highest BCUT2D eigenvalue weighted by molar-refractivity contribution is 7.89. The number of nitrogens with one attached hydrogen (secondary N) is 1. The molecule has 6 nitrogen and oxygen atoms in total. The predicted molar refractivity (Wildman–Crippen MR) is 58.4 cm³/mol. The Morgan fingerprint density at radius 1 is 1.31 bits per heavy atom. The molecule has 0 radical (unpaired) electrons. The SMILES string of the molecule is NS(=O)(=O)c1ccc2c(c1)nc1cc[nH]n12. The van der Waals surface area contributed by atoms with E-state index in [-0.39, 0.29) is 4.90 Å². The number of nitrogens with two attached hydrogens (primary N) is 1. The molecule has 82 valence electrons. The van der Waals surface area contributed by atoms with Crippen molar-refractivity contribution in [2.75, 3.05) is 0 Å². The Kier molecular flexibility index (Phi) is 1.66. The van der Waals surface area contributed by atoms with Crippen LogP contribution >= 0.6 is 0 Å². The highest BCUT2D eigenvalue weighted by atomic mass is 32.2. The summed E-state index contributed by atoms with van der Waals surface area (Å²) in [5, 5.41) is 8.02. The number of primary sulfonamides is 1. The number of nitrogens with zero attached hydrogens (tertiary/aromatic N) is 2. The molecule has 0 spiro atoms. The van der Waals surface area contributed by atoms with E-state index in [4.69, 9.17) is 5.14 Å². The second-order valence-corrected chi connectivity index (χ2v) is 5.02. The van der Waals surface area contributed by atoms with Crippen LogP contribution in [0, 0.1) is 0 Å². The third-order valence-corrected chi connectivity index (χ3v) is 3.33. The summed E-state index contributed by atoms with van der Waals surface area (Å²) in [7, 11) is -3.67. The van der Waals surface area contributed by atoms with Gasteiger partial charge in [0.25, 0.3) is 0 Å². The van der Waals surface area contributed by atoms with Gasteiger partial charge in [-0.3, -0.25) is 5.10 Å². The largest absolute Gasteiger partial charge is 0.299 e. The van der Waals surface area contributed by atoms with Gasteiger partial charge in [0.15, 0.2) is 5.65 Å². The number of benzene rings is 1. The molecular weight excluding hydrogens is 228 g/mol. The highest BCUT2D eigenvalue weighted by Crippen LogP contribution is 2.19. The lowest BCUT2D eigenvalue weighted by Gasteiger charge is -1.97. The van der Waals surface area contributed by atoms with Crippen LogP contribution in [0.25, 0.3) is 16.7 Å². The van der Waals surface area contributed by atoms with E-state index < -0.39 is 10.0 Å². The Hall–Kier alpha value is -1.86. The topological polar surface area (TPSA) is 93.2 Å². The molecule has 0 aliphatic heterocycles. The molecule has 0 unspecified atom stereocenters. The molecule has 0 amide bonds. The van der Waals surface area contributed by atoms with Crippen molar-refractivity contribution in [3.05, 3.63) is 30.5 Å². The number of hydrogen-bond donors (Lipinski definition) is 2. The number of aromatic amines is 1. The lowest BCUT2D eigenvalue weighted by atomic mass is 10.3. The van der Waals surface area contributed by atoms with Crippen molar-refractivity contribution in [2.24, 2.45) is 5.14 Å². The van der Waals surface area contributed by atoms with Gasteiger partial charge in [-0.15, -0.1) is 0 Å². The predicted octanol–water partition coefficient (Wildman–Crippen LogP) is 0.463. The van der Waals surface area contributed by atoms with Crippen LogP contribution in [0.1, 0.15) is 0 Å². The summed E-state index contributed by atoms with van der Waals surface area (Å²) in [6.45, 7) is 0. The van der Waals surface area contributed by atoms with Crippen LogP contribution in [0.4, 0.5) is 0 Å². The van der Waals surface area contributed by atoms with Crippen molar-refractivity contribution in [3.8, 4) is 0 Å². The quantitative estimate of drug-likeness (QED) is 0.642. The molecule has 7 heteroatoms. The van der Waals surface area contributed by atoms with Gasteiger partial charge in [-0.1, -0.05) is 0 Å². The fourth-order valence-corrected chi connectivity index (χ4v) is 2.22. The zero-order chi connectivity index (χ0) is 11.3. The normalized spacial score (nSPS) is 12.6. The fraction of sp³-hybridized carbons (Fsp3) is 0. The molecule has 0 bridgehead atoms. The van der Waals surface area contributed by atoms with Gasteiger partial charge < -0.3 is 0 Å². The second kappa shape index (κ2) is 2.83. The summed E-state index contributed by atoms with van der Waals surface area (Å²) in [4.78, 5) is 4.33. The smallest absolute Gasteiger partial charge is 0.238 e. The lowest BCUT2D eigenvalue weighted by Crippen LogP contribution is -2.11. The van der Waals surface area contributed by atoms with Crippen molar-refractivity contribution in [3.63, 3.8) is 0 Å². The molecule has 3 rings (SSSR count). The summed E-state index contributed by atoms with van der Waals surface area (Å²) >= 11 is 0. The summed E-state index contributed by atoms with van der Waals surface area (Å²) < 4.78 is 24.1. The van der Waals surface area contributed by atoms with Gasteiger partial charge in [0.2, 0.25) is 10.0 Å². The number of hydrogen-bond acceptors (Lipinski definition) is 3. The Morgan fingerprint density at radius 2 is 2.12 bits per heavy atom. The van der Waals surface area contributed by atoms with Crippen LogP contribution in [0.15, 0.2) is 35.4 Å². The van der Waals surface area contributed by atoms with Gasteiger partial charge in [-0.2, -0.15) is 0 Å². The van der Waals surface area contributed by atoms with Crippen LogP contribution < -0.4 is 5.14 Å². The van der Waals surface area contributed by atoms with Crippen LogP contribution in [0.5, 0.6) is 0 Å². The standard InChI is InChI=1S/C9H8N4O2S/c10-16(14,15)6-1-2-8-7(5-6)12-9-3-4-11-13(8)9/h1-5,11H,(H2,10,14,15). The summed E-state index contributed by atoms with van der Waals surface area (Å²) in [6.07, 6.45) is 1.76. The van der Waals surface area contributed by atoms with Crippen molar-refractivity contribution >= 4 is 26.7 Å². The fourth-order valence-electron chi connectivity index (χ4n) is 1.69. The Bertz CT molecular complexity index is 784. The molecule has 0 saturated heterocycles. The number of rotatable bonds is 1. The molecule has 0 fully saturated rings. The van der Waals surface area contributed by atoms with Gasteiger partial charge in [0, 0.05) is 12.3 Å². The molecule has 2 aromatic heterocycles. The third kappa shape index (κ3) is 1.22. The van der Waals surface area contributed by atoms with Crippen LogP contribution in [-0.2, 0) is 10.0 Å². The minimum atomic E-state index is -3.67. The Balaban J connectivity index is 2.41. The van der Waals surface area contributed by atoms with Crippen LogP contribution in [0.3, 0.4) is 0 Å². The van der Waals surface area contributed by atoms with Crippen LogP contribution in [0.2, 0.25) is 0 Å². The summed E-state index contributed by atoms with van der Waals surface area (Å²) in [6, 6.07) is 6.40. The molecule has 3 aromatic rings. The molecular formula is C9H8N4O2S. The Labute approximate surface area is 90.7 Å². The van der Waals surface area contributed by atoms with E-state index in [1.54, 1.807) is 22.8 Å². The van der Waals surface area contributed by atoms with Crippen molar-refractivity contribution in [1.29, 1.82) is 0 Å². The van der Waals surface area contributed by atoms with Gasteiger partial charge in [0.1, 0.15) is 0 Å². The van der Waals surface area contributed by atoms with Crippen molar-refractivity contribution in [1.82, 2.24) is 14.6 Å². The zero-order valence-corrected chi connectivity index (χ0v) is 8.90. The third-order valence-electron chi connectivity index (χ3n) is 2.42. The highest BCUT2D eigenvalue weighted by Gasteiger charge is 2.11. The Morgan fingerprint density at radius 3 is 2.88 bits per heavy atom. The molecule has 2 heterocycles. The van der Waals surface area contributed by atoms with E-state index in [0.29, 0.717) is 5.52 Å². The van der Waals surface area contributed by atoms with E-state index in [1.807, 2.05) is 0 Å². The van der Waals surface area contributed by atoms with Crippen LogP contribution in [-0.4, -0.2) is 23.0 Å². The number of fused-ring (bicyclic) bond motifs is 3. The summed E-state index contributed by atoms with van der Waals surface area (Å²) in [5.41, 5.74) is 2.15. The van der Waals surface area contributed by atoms with Gasteiger partial charge >= 0.3 is 0 Å². The first-order chi connectivity index (χ1) is 7.55. The molecule has 1 aromatic carbocycles. The number of aromatic nitrogens is 3. The minimum Gasteiger partial charge on any atom is -0.299 e. The summed E-state index contributed by atoms with van der Waals surface area (Å²) in [5.74, 6) is 0. The van der Waals surface area contributed by atoms with E-state index in [1.165, 1.54) is 12.1 Å². The molecule has 0 atom stereocenters. The minimum absolute atomic E-state index is 0.0701. The molecule has 16 heavy (non-hydrogen) atoms. The van der Waals surface area contributed by atoms with E-state index in [0.717, 1.165) is 11.2 Å². The molecule has 0 aliphatic carbocycles. The monoisotopic (exact) mass is 236 g/mol. The average Bonchev–Trinajstić information content (AvgIpc) is 2.74. The van der Waals surface area contributed by atoms with Gasteiger partial charge in [-0.25, -0.2) is 23.1 Å². The van der Waals surface area contributed by atoms with E-state index in [9.17, 15) is 8.42 Å². The maximum atomic E-state index is 11.2. The van der Waals surface area contributed by atoms with Crippen molar-refractivity contribution in [2.45, 2.75) is 4.90 Å². The maximum Gasteiger partial charge on any atom is 0.238 e. The van der Waals surface area contributed by atoms with E-state index in [2.05, 4.69) is 10.1 Å². The van der Waals surface area contributed by atoms with Gasteiger partial charge in [0.05, 0.1) is 15.9 Å². The maximum absolute atomic E-state index is 11.2. The molecule has 3 N–H and O–H groups in total. The van der Waals surface area contributed by atoms with Gasteiger partial charge in [-0.05, 0) is 18.2 Å². The first kappa shape index (κ1) is 9.37. The first-order valence-electron chi connectivity index (χ1n) is 4.54. The number of sulfonamides is 1. The average molecular weight is 236 g/mol. The molecule has 0 aliphatic rings. The van der Waals surface area contributed by atoms with Crippen molar-refractivity contribution < 1.29 is 8.42 Å². The number of H-pyrrole nitrogens is 1. The second-order valence-electron chi connectivity index (χ2n) is 3.46. The molecule has 0 saturated carbocycles. The number of imidazole rings is 1. The van der Waals surface area contributed by atoms with E-state index >= 15 is 0 Å².